The molecule has 0 amide bonds. The molecule has 1 unspecified atom stereocenters. The van der Waals surface area contributed by atoms with Crippen molar-refractivity contribution < 1.29 is 14.6 Å². The summed E-state index contributed by atoms with van der Waals surface area (Å²) in [6.45, 7) is 4.60. The first-order chi connectivity index (χ1) is 9.63. The van der Waals surface area contributed by atoms with Crippen molar-refractivity contribution in [1.82, 2.24) is 0 Å². The predicted molar refractivity (Wildman–Crippen MR) is 79.1 cm³/mol. The second-order valence-corrected chi connectivity index (χ2v) is 4.91. The van der Waals surface area contributed by atoms with Gasteiger partial charge in [-0.05, 0) is 43.7 Å². The summed E-state index contributed by atoms with van der Waals surface area (Å²) >= 11 is 0. The number of hydrogen-bond donors (Lipinski definition) is 1. The third kappa shape index (κ3) is 4.59. The first-order valence-corrected chi connectivity index (χ1v) is 6.73. The maximum atomic E-state index is 9.15. The Morgan fingerprint density at radius 1 is 0.900 bits per heavy atom. The van der Waals surface area contributed by atoms with E-state index in [0.29, 0.717) is 13.2 Å². The molecule has 2 aromatic rings. The predicted octanol–water partition coefficient (Wildman–Crippen LogP) is 3.33. The Kier molecular flexibility index (Phi) is 5.02. The average molecular weight is 272 g/mol. The maximum Gasteiger partial charge on any atom is 0.120 e. The zero-order valence-corrected chi connectivity index (χ0v) is 11.9. The summed E-state index contributed by atoms with van der Waals surface area (Å²) in [6, 6.07) is 15.7. The Labute approximate surface area is 119 Å². The van der Waals surface area contributed by atoms with Crippen molar-refractivity contribution in [1.29, 1.82) is 0 Å². The molecular formula is C17H20O3. The van der Waals surface area contributed by atoms with E-state index in [-0.39, 0.29) is 0 Å². The van der Waals surface area contributed by atoms with E-state index < -0.39 is 6.10 Å². The van der Waals surface area contributed by atoms with Crippen LogP contribution >= 0.6 is 0 Å². The van der Waals surface area contributed by atoms with Gasteiger partial charge in [0.1, 0.15) is 24.7 Å². The maximum absolute atomic E-state index is 9.15. The number of hydrogen-bond acceptors (Lipinski definition) is 3. The van der Waals surface area contributed by atoms with Gasteiger partial charge < -0.3 is 14.6 Å². The molecule has 2 rings (SSSR count). The van der Waals surface area contributed by atoms with Crippen LogP contribution in [0.25, 0.3) is 0 Å². The molecule has 1 N–H and O–H groups in total. The quantitative estimate of drug-likeness (QED) is 0.876. The van der Waals surface area contributed by atoms with Crippen LogP contribution in [0.15, 0.2) is 48.5 Å². The van der Waals surface area contributed by atoms with Crippen LogP contribution in [-0.2, 0) is 6.61 Å². The minimum Gasteiger partial charge on any atom is -0.491 e. The van der Waals surface area contributed by atoms with Crippen molar-refractivity contribution in [3.05, 3.63) is 59.7 Å². The minimum absolute atomic E-state index is 0.295. The summed E-state index contributed by atoms with van der Waals surface area (Å²) in [5.74, 6) is 1.53. The molecule has 0 saturated heterocycles. The summed E-state index contributed by atoms with van der Waals surface area (Å²) in [4.78, 5) is 0. The third-order valence-electron chi connectivity index (χ3n) is 2.84. The molecule has 3 heteroatoms. The van der Waals surface area contributed by atoms with Crippen molar-refractivity contribution in [2.45, 2.75) is 26.6 Å². The van der Waals surface area contributed by atoms with Crippen molar-refractivity contribution in [2.24, 2.45) is 0 Å². The standard InChI is InChI=1S/C17H20O3/c1-13-3-5-15(6-4-13)12-20-17-9-7-16(8-10-17)19-11-14(2)18/h3-10,14,18H,11-12H2,1-2H3. The van der Waals surface area contributed by atoms with Crippen LogP contribution in [-0.4, -0.2) is 17.8 Å². The number of benzene rings is 2. The topological polar surface area (TPSA) is 38.7 Å². The van der Waals surface area contributed by atoms with Gasteiger partial charge in [0.05, 0.1) is 6.10 Å². The van der Waals surface area contributed by atoms with Crippen LogP contribution in [0, 0.1) is 6.92 Å². The molecule has 3 nitrogen and oxygen atoms in total. The van der Waals surface area contributed by atoms with E-state index in [9.17, 15) is 0 Å². The van der Waals surface area contributed by atoms with E-state index in [1.54, 1.807) is 6.92 Å². The van der Waals surface area contributed by atoms with Gasteiger partial charge in [0.2, 0.25) is 0 Å². The highest BCUT2D eigenvalue weighted by Gasteiger charge is 2.00. The second kappa shape index (κ2) is 6.96. The van der Waals surface area contributed by atoms with Crippen molar-refractivity contribution in [3.63, 3.8) is 0 Å². The van der Waals surface area contributed by atoms with Crippen molar-refractivity contribution in [3.8, 4) is 11.5 Å². The number of aliphatic hydroxyl groups excluding tert-OH is 1. The lowest BCUT2D eigenvalue weighted by Crippen LogP contribution is -2.12. The molecule has 2 aromatic carbocycles. The Balaban J connectivity index is 1.85. The zero-order valence-electron chi connectivity index (χ0n) is 11.9. The van der Waals surface area contributed by atoms with Crippen LogP contribution in [0.2, 0.25) is 0 Å². The summed E-state index contributed by atoms with van der Waals surface area (Å²) in [7, 11) is 0. The molecule has 0 aliphatic rings. The number of ether oxygens (including phenoxy) is 2. The molecule has 0 aliphatic carbocycles. The highest BCUT2D eigenvalue weighted by Crippen LogP contribution is 2.19. The Morgan fingerprint density at radius 2 is 1.45 bits per heavy atom. The average Bonchev–Trinajstić information content (AvgIpc) is 2.45. The summed E-state index contributed by atoms with van der Waals surface area (Å²) in [6.07, 6.45) is -0.465. The van der Waals surface area contributed by atoms with Gasteiger partial charge in [-0.15, -0.1) is 0 Å². The first kappa shape index (κ1) is 14.4. The van der Waals surface area contributed by atoms with Gasteiger partial charge in [0.15, 0.2) is 0 Å². The van der Waals surface area contributed by atoms with E-state index in [4.69, 9.17) is 14.6 Å². The van der Waals surface area contributed by atoms with Gasteiger partial charge >= 0.3 is 0 Å². The van der Waals surface area contributed by atoms with Crippen LogP contribution in [0.3, 0.4) is 0 Å². The van der Waals surface area contributed by atoms with Gasteiger partial charge in [-0.25, -0.2) is 0 Å². The highest BCUT2D eigenvalue weighted by atomic mass is 16.5. The minimum atomic E-state index is -0.465. The fraction of sp³-hybridized carbons (Fsp3) is 0.294. The SMILES string of the molecule is Cc1ccc(COc2ccc(OCC(C)O)cc2)cc1. The molecule has 0 saturated carbocycles. The molecule has 106 valence electrons. The van der Waals surface area contributed by atoms with Gasteiger partial charge in [0.25, 0.3) is 0 Å². The monoisotopic (exact) mass is 272 g/mol. The smallest absolute Gasteiger partial charge is 0.120 e. The molecule has 20 heavy (non-hydrogen) atoms. The molecule has 0 fully saturated rings. The van der Waals surface area contributed by atoms with E-state index in [0.717, 1.165) is 17.1 Å². The molecular weight excluding hydrogens is 252 g/mol. The van der Waals surface area contributed by atoms with Crippen LogP contribution in [0.1, 0.15) is 18.1 Å². The van der Waals surface area contributed by atoms with Gasteiger partial charge in [0, 0.05) is 0 Å². The molecule has 0 spiro atoms. The van der Waals surface area contributed by atoms with Gasteiger partial charge in [-0.3, -0.25) is 0 Å². The molecule has 0 heterocycles. The van der Waals surface area contributed by atoms with E-state index >= 15 is 0 Å². The highest BCUT2D eigenvalue weighted by molar-refractivity contribution is 5.31. The fourth-order valence-corrected chi connectivity index (χ4v) is 1.70. The summed E-state index contributed by atoms with van der Waals surface area (Å²) < 4.78 is 11.1. The molecule has 0 radical (unpaired) electrons. The third-order valence-corrected chi connectivity index (χ3v) is 2.84. The lowest BCUT2D eigenvalue weighted by molar-refractivity contribution is 0.122. The van der Waals surface area contributed by atoms with Gasteiger partial charge in [-0.2, -0.15) is 0 Å². The fourth-order valence-electron chi connectivity index (χ4n) is 1.70. The molecule has 1 atom stereocenters. The first-order valence-electron chi connectivity index (χ1n) is 6.73. The summed E-state index contributed by atoms with van der Waals surface area (Å²) in [5.41, 5.74) is 2.39. The lowest BCUT2D eigenvalue weighted by Gasteiger charge is -2.10. The number of aryl methyl sites for hydroxylation is 1. The number of rotatable bonds is 6. The molecule has 0 bridgehead atoms. The Hall–Kier alpha value is -2.00. The Bertz CT molecular complexity index is 515. The van der Waals surface area contributed by atoms with Crippen molar-refractivity contribution >= 4 is 0 Å². The number of aliphatic hydroxyl groups is 1. The Morgan fingerprint density at radius 3 is 2.00 bits per heavy atom. The van der Waals surface area contributed by atoms with Crippen LogP contribution in [0.5, 0.6) is 11.5 Å². The largest absolute Gasteiger partial charge is 0.491 e. The van der Waals surface area contributed by atoms with E-state index in [2.05, 4.69) is 31.2 Å². The van der Waals surface area contributed by atoms with E-state index in [1.165, 1.54) is 5.56 Å². The van der Waals surface area contributed by atoms with Gasteiger partial charge in [-0.1, -0.05) is 29.8 Å². The molecule has 0 aromatic heterocycles. The van der Waals surface area contributed by atoms with Crippen molar-refractivity contribution in [2.75, 3.05) is 6.61 Å². The van der Waals surface area contributed by atoms with E-state index in [1.807, 2.05) is 24.3 Å². The van der Waals surface area contributed by atoms with Crippen LogP contribution < -0.4 is 9.47 Å². The van der Waals surface area contributed by atoms with Crippen LogP contribution in [0.4, 0.5) is 0 Å². The normalized spacial score (nSPS) is 11.9. The second-order valence-electron chi connectivity index (χ2n) is 4.91. The lowest BCUT2D eigenvalue weighted by atomic mass is 10.2. The zero-order chi connectivity index (χ0) is 14.4. The molecule has 0 aliphatic heterocycles. The summed E-state index contributed by atoms with van der Waals surface area (Å²) in [5, 5.41) is 9.15.